The van der Waals surface area contributed by atoms with Gasteiger partial charge in [-0.1, -0.05) is 13.8 Å². The van der Waals surface area contributed by atoms with Gasteiger partial charge in [0.05, 0.1) is 5.92 Å². The molecule has 66 valence electrons. The Labute approximate surface area is 63.6 Å². The summed E-state index contributed by atoms with van der Waals surface area (Å²) in [6.45, 7) is 2.92. The quantitative estimate of drug-likeness (QED) is 0.591. The molecule has 4 heteroatoms. The zero-order chi connectivity index (χ0) is 9.07. The fourth-order valence-corrected chi connectivity index (χ4v) is 0.887. The highest BCUT2D eigenvalue weighted by Gasteiger charge is 2.40. The van der Waals surface area contributed by atoms with Gasteiger partial charge >= 0.3 is 6.18 Å². The van der Waals surface area contributed by atoms with E-state index in [9.17, 15) is 18.0 Å². The molecule has 0 radical (unpaired) electrons. The standard InChI is InChI=1S/C7H11F3O/c1-5(2)6(3-4-11)7(8,9)10/h4-6H,3H2,1-2H3. The van der Waals surface area contributed by atoms with Crippen LogP contribution in [0.15, 0.2) is 0 Å². The lowest BCUT2D eigenvalue weighted by molar-refractivity contribution is -0.187. The highest BCUT2D eigenvalue weighted by atomic mass is 19.4. The van der Waals surface area contributed by atoms with Crippen molar-refractivity contribution in [1.29, 1.82) is 0 Å². The molecule has 11 heavy (non-hydrogen) atoms. The van der Waals surface area contributed by atoms with Gasteiger partial charge in [0.25, 0.3) is 0 Å². The molecule has 0 heterocycles. The molecule has 0 fully saturated rings. The molecule has 0 amide bonds. The van der Waals surface area contributed by atoms with E-state index in [1.807, 2.05) is 0 Å². The van der Waals surface area contributed by atoms with Crippen LogP contribution in [0.2, 0.25) is 0 Å². The summed E-state index contributed by atoms with van der Waals surface area (Å²) in [7, 11) is 0. The fraction of sp³-hybridized carbons (Fsp3) is 0.857. The van der Waals surface area contributed by atoms with Crippen LogP contribution in [0.4, 0.5) is 13.2 Å². The molecule has 0 aliphatic carbocycles. The molecule has 0 aromatic heterocycles. The van der Waals surface area contributed by atoms with Crippen LogP contribution in [0.5, 0.6) is 0 Å². The van der Waals surface area contributed by atoms with Crippen molar-refractivity contribution in [1.82, 2.24) is 0 Å². The van der Waals surface area contributed by atoms with Gasteiger partial charge in [-0.3, -0.25) is 0 Å². The maximum Gasteiger partial charge on any atom is 0.392 e. The van der Waals surface area contributed by atoms with Crippen molar-refractivity contribution >= 4 is 6.29 Å². The Hall–Kier alpha value is -0.540. The van der Waals surface area contributed by atoms with E-state index in [1.165, 1.54) is 13.8 Å². The lowest BCUT2D eigenvalue weighted by Crippen LogP contribution is -2.27. The van der Waals surface area contributed by atoms with Gasteiger partial charge in [-0.15, -0.1) is 0 Å². The predicted molar refractivity (Wildman–Crippen MR) is 35.1 cm³/mol. The second kappa shape index (κ2) is 3.74. The van der Waals surface area contributed by atoms with Gasteiger partial charge in [-0.2, -0.15) is 13.2 Å². The summed E-state index contributed by atoms with van der Waals surface area (Å²) < 4.78 is 36.0. The molecular weight excluding hydrogens is 157 g/mol. The highest BCUT2D eigenvalue weighted by Crippen LogP contribution is 2.33. The molecule has 0 spiro atoms. The average Bonchev–Trinajstić information content (AvgIpc) is 1.79. The zero-order valence-corrected chi connectivity index (χ0v) is 6.48. The van der Waals surface area contributed by atoms with Gasteiger partial charge in [0.1, 0.15) is 6.29 Å². The van der Waals surface area contributed by atoms with E-state index in [4.69, 9.17) is 0 Å². The zero-order valence-electron chi connectivity index (χ0n) is 6.48. The number of alkyl halides is 3. The largest absolute Gasteiger partial charge is 0.392 e. The van der Waals surface area contributed by atoms with Crippen molar-refractivity contribution in [2.75, 3.05) is 0 Å². The lowest BCUT2D eigenvalue weighted by Gasteiger charge is -2.21. The Bertz CT molecular complexity index is 128. The van der Waals surface area contributed by atoms with Crippen LogP contribution < -0.4 is 0 Å². The van der Waals surface area contributed by atoms with E-state index >= 15 is 0 Å². The van der Waals surface area contributed by atoms with E-state index in [0.29, 0.717) is 6.29 Å². The van der Waals surface area contributed by atoms with Gasteiger partial charge in [-0.25, -0.2) is 0 Å². The molecule has 1 atom stereocenters. The van der Waals surface area contributed by atoms with E-state index in [-0.39, 0.29) is 0 Å². The van der Waals surface area contributed by atoms with Crippen molar-refractivity contribution in [2.45, 2.75) is 26.4 Å². The fourth-order valence-electron chi connectivity index (χ4n) is 0.887. The topological polar surface area (TPSA) is 17.1 Å². The maximum absolute atomic E-state index is 12.0. The maximum atomic E-state index is 12.0. The predicted octanol–water partition coefficient (Wildman–Crippen LogP) is 2.41. The van der Waals surface area contributed by atoms with Crippen molar-refractivity contribution in [2.24, 2.45) is 11.8 Å². The lowest BCUT2D eigenvalue weighted by atomic mass is 9.93. The third-order valence-electron chi connectivity index (χ3n) is 1.58. The second-order valence-corrected chi connectivity index (χ2v) is 2.79. The number of rotatable bonds is 3. The smallest absolute Gasteiger partial charge is 0.303 e. The van der Waals surface area contributed by atoms with Crippen molar-refractivity contribution in [3.8, 4) is 0 Å². The molecule has 1 nitrogen and oxygen atoms in total. The summed E-state index contributed by atoms with van der Waals surface area (Å²) in [6, 6.07) is 0. The molecule has 0 rings (SSSR count). The SMILES string of the molecule is CC(C)C(CC=O)C(F)(F)F. The van der Waals surface area contributed by atoms with Crippen LogP contribution in [-0.2, 0) is 4.79 Å². The molecule has 0 bridgehead atoms. The molecule has 0 saturated carbocycles. The van der Waals surface area contributed by atoms with Gasteiger partial charge in [0.15, 0.2) is 0 Å². The summed E-state index contributed by atoms with van der Waals surface area (Å²) >= 11 is 0. The molecule has 0 aromatic carbocycles. The molecule has 0 N–H and O–H groups in total. The first-order chi connectivity index (χ1) is 4.89. The number of aldehydes is 1. The molecule has 0 aliphatic rings. The van der Waals surface area contributed by atoms with Crippen LogP contribution in [0.25, 0.3) is 0 Å². The summed E-state index contributed by atoms with van der Waals surface area (Å²) in [5, 5.41) is 0. The van der Waals surface area contributed by atoms with Crippen LogP contribution >= 0.6 is 0 Å². The van der Waals surface area contributed by atoms with E-state index in [0.717, 1.165) is 0 Å². The van der Waals surface area contributed by atoms with Crippen molar-refractivity contribution < 1.29 is 18.0 Å². The number of hydrogen-bond donors (Lipinski definition) is 0. The number of halogens is 3. The molecule has 1 unspecified atom stereocenters. The Balaban J connectivity index is 4.21. The van der Waals surface area contributed by atoms with Crippen LogP contribution in [-0.4, -0.2) is 12.5 Å². The Morgan fingerprint density at radius 1 is 1.36 bits per heavy atom. The summed E-state index contributed by atoms with van der Waals surface area (Å²) in [5.41, 5.74) is 0. The Morgan fingerprint density at radius 2 is 1.82 bits per heavy atom. The van der Waals surface area contributed by atoms with E-state index < -0.39 is 24.4 Å². The van der Waals surface area contributed by atoms with Gasteiger partial charge < -0.3 is 4.79 Å². The molecule has 0 aliphatic heterocycles. The van der Waals surface area contributed by atoms with Gasteiger partial charge in [0, 0.05) is 6.42 Å². The first-order valence-corrected chi connectivity index (χ1v) is 3.40. The van der Waals surface area contributed by atoms with Gasteiger partial charge in [-0.05, 0) is 5.92 Å². The highest BCUT2D eigenvalue weighted by molar-refractivity contribution is 5.49. The summed E-state index contributed by atoms with van der Waals surface area (Å²) in [5.74, 6) is -2.01. The van der Waals surface area contributed by atoms with E-state index in [2.05, 4.69) is 0 Å². The Kier molecular flexibility index (Phi) is 3.55. The first kappa shape index (κ1) is 10.5. The van der Waals surface area contributed by atoms with Crippen LogP contribution in [0.3, 0.4) is 0 Å². The summed E-state index contributed by atoms with van der Waals surface area (Å²) in [4.78, 5) is 9.87. The minimum atomic E-state index is -4.24. The second-order valence-electron chi connectivity index (χ2n) is 2.79. The number of hydrogen-bond acceptors (Lipinski definition) is 1. The minimum absolute atomic E-state index is 0.318. The molecule has 0 saturated heterocycles. The molecular formula is C7H11F3O. The number of carbonyl (C=O) groups is 1. The third kappa shape index (κ3) is 3.39. The monoisotopic (exact) mass is 168 g/mol. The number of carbonyl (C=O) groups excluding carboxylic acids is 1. The van der Waals surface area contributed by atoms with Gasteiger partial charge in [0.2, 0.25) is 0 Å². The summed E-state index contributed by atoms with van der Waals surface area (Å²) in [6.07, 6.45) is -4.35. The minimum Gasteiger partial charge on any atom is -0.303 e. The first-order valence-electron chi connectivity index (χ1n) is 3.40. The molecule has 0 aromatic rings. The Morgan fingerprint density at radius 3 is 1.91 bits per heavy atom. The van der Waals surface area contributed by atoms with E-state index in [1.54, 1.807) is 0 Å². The average molecular weight is 168 g/mol. The van der Waals surface area contributed by atoms with Crippen LogP contribution in [0, 0.1) is 11.8 Å². The van der Waals surface area contributed by atoms with Crippen LogP contribution in [0.1, 0.15) is 20.3 Å². The van der Waals surface area contributed by atoms with Crippen molar-refractivity contribution in [3.63, 3.8) is 0 Å². The normalized spacial score (nSPS) is 15.1. The third-order valence-corrected chi connectivity index (χ3v) is 1.58. The van der Waals surface area contributed by atoms with Crippen molar-refractivity contribution in [3.05, 3.63) is 0 Å².